The Morgan fingerprint density at radius 1 is 1.15 bits per heavy atom. The highest BCUT2D eigenvalue weighted by Crippen LogP contribution is 2.45. The van der Waals surface area contributed by atoms with Gasteiger partial charge in [0.25, 0.3) is 0 Å². The number of carboxylic acids is 1. The highest BCUT2D eigenvalue weighted by molar-refractivity contribution is 7.99. The minimum atomic E-state index is -3.07. The highest BCUT2D eigenvalue weighted by atomic mass is 35.5. The van der Waals surface area contributed by atoms with Gasteiger partial charge in [0.1, 0.15) is 16.4 Å². The lowest BCUT2D eigenvalue weighted by molar-refractivity contribution is -0.137. The number of hydrogen-bond donors (Lipinski definition) is 1. The Kier molecular flexibility index (Phi) is 9.37. The lowest BCUT2D eigenvalue weighted by Gasteiger charge is -2.19. The van der Waals surface area contributed by atoms with E-state index in [4.69, 9.17) is 37.8 Å². The van der Waals surface area contributed by atoms with E-state index in [0.29, 0.717) is 34.7 Å². The average molecular weight is 611 g/mol. The molecule has 7 nitrogen and oxygen atoms in total. The predicted octanol–water partition coefficient (Wildman–Crippen LogP) is 6.73. The van der Waals surface area contributed by atoms with Crippen LogP contribution in [-0.4, -0.2) is 48.8 Å². The Morgan fingerprint density at radius 3 is 2.54 bits per heavy atom. The second-order valence-corrected chi connectivity index (χ2v) is 13.6. The molecule has 208 valence electrons. The van der Waals surface area contributed by atoms with Crippen molar-refractivity contribution in [3.05, 3.63) is 68.8 Å². The van der Waals surface area contributed by atoms with Crippen molar-refractivity contribution in [2.24, 2.45) is 0 Å². The van der Waals surface area contributed by atoms with E-state index in [-0.39, 0.29) is 24.7 Å². The second kappa shape index (κ2) is 12.4. The highest BCUT2D eigenvalue weighted by Gasteiger charge is 2.26. The Morgan fingerprint density at radius 2 is 1.87 bits per heavy atom. The molecular formula is C28H29Cl2NO6S2. The van der Waals surface area contributed by atoms with E-state index in [1.807, 2.05) is 44.2 Å². The van der Waals surface area contributed by atoms with Gasteiger partial charge in [-0.05, 0) is 59.7 Å². The molecule has 2 heterocycles. The van der Waals surface area contributed by atoms with Gasteiger partial charge in [-0.2, -0.15) is 0 Å². The zero-order valence-electron chi connectivity index (χ0n) is 21.8. The molecule has 0 spiro atoms. The van der Waals surface area contributed by atoms with Crippen molar-refractivity contribution in [2.75, 3.05) is 24.4 Å². The van der Waals surface area contributed by atoms with Crippen LogP contribution < -0.4 is 9.47 Å². The van der Waals surface area contributed by atoms with Crippen molar-refractivity contribution < 1.29 is 27.8 Å². The smallest absolute Gasteiger partial charge is 0.303 e. The van der Waals surface area contributed by atoms with E-state index in [1.54, 1.807) is 18.0 Å². The van der Waals surface area contributed by atoms with E-state index in [9.17, 15) is 13.2 Å². The van der Waals surface area contributed by atoms with Crippen LogP contribution in [0, 0.1) is 13.8 Å². The van der Waals surface area contributed by atoms with Crippen molar-refractivity contribution >= 4 is 50.8 Å². The van der Waals surface area contributed by atoms with Crippen molar-refractivity contribution in [3.63, 3.8) is 0 Å². The molecule has 1 aromatic heterocycles. The summed E-state index contributed by atoms with van der Waals surface area (Å²) in [5.41, 5.74) is 5.32. The molecule has 1 atom stereocenters. The number of thioether (sulfide) groups is 1. The standard InChI is InChI=1S/C28H29Cl2NO6S2/c1-16-25(17(2)27(30)28(26(16)29)36-8-5-9-39(3,34)35)19-7-4-6-18(10-19)14-37-23-12-22-21(13-31-23)20(15-38-22)11-24(32)33/h4,6-7,10,12-13,20H,5,8-9,11,14-15H2,1-3H3,(H,32,33). The first-order chi connectivity index (χ1) is 18.4. The molecule has 0 radical (unpaired) electrons. The molecule has 0 bridgehead atoms. The average Bonchev–Trinajstić information content (AvgIpc) is 3.27. The molecule has 11 heteroatoms. The van der Waals surface area contributed by atoms with Gasteiger partial charge in [-0.25, -0.2) is 13.4 Å². The Balaban J connectivity index is 1.49. The van der Waals surface area contributed by atoms with Gasteiger partial charge in [0.05, 0.1) is 28.8 Å². The number of aromatic nitrogens is 1. The van der Waals surface area contributed by atoms with Crippen LogP contribution in [0.3, 0.4) is 0 Å². The number of halogens is 2. The third-order valence-corrected chi connectivity index (χ3v) is 9.66. The number of benzene rings is 2. The van der Waals surface area contributed by atoms with Crippen molar-refractivity contribution in [1.82, 2.24) is 4.98 Å². The van der Waals surface area contributed by atoms with Crippen LogP contribution in [0.5, 0.6) is 11.6 Å². The fourth-order valence-electron chi connectivity index (χ4n) is 4.57. The fraction of sp³-hybridized carbons (Fsp3) is 0.357. The van der Waals surface area contributed by atoms with E-state index in [1.165, 1.54) is 6.26 Å². The van der Waals surface area contributed by atoms with Crippen LogP contribution in [0.4, 0.5) is 0 Å². The van der Waals surface area contributed by atoms with Gasteiger partial charge < -0.3 is 14.6 Å². The van der Waals surface area contributed by atoms with Gasteiger partial charge in [0.15, 0.2) is 5.75 Å². The van der Waals surface area contributed by atoms with Crippen molar-refractivity contribution in [1.29, 1.82) is 0 Å². The number of hydrogen-bond acceptors (Lipinski definition) is 7. The zero-order chi connectivity index (χ0) is 28.3. The number of carboxylic acid groups (broad SMARTS) is 1. The molecule has 39 heavy (non-hydrogen) atoms. The van der Waals surface area contributed by atoms with Gasteiger partial charge in [-0.1, -0.05) is 41.4 Å². The van der Waals surface area contributed by atoms with Crippen molar-refractivity contribution in [2.45, 2.75) is 44.1 Å². The maximum absolute atomic E-state index is 11.4. The molecule has 0 amide bonds. The topological polar surface area (TPSA) is 103 Å². The minimum absolute atomic E-state index is 0.0260. The molecule has 2 aromatic carbocycles. The SMILES string of the molecule is Cc1c(Cl)c(OCCCS(C)(=O)=O)c(Cl)c(C)c1-c1cccc(COc2cc3c(cn2)C(CC(=O)O)CS3)c1. The van der Waals surface area contributed by atoms with Crippen LogP contribution in [-0.2, 0) is 21.2 Å². The van der Waals surface area contributed by atoms with Gasteiger partial charge in [0.2, 0.25) is 5.88 Å². The second-order valence-electron chi connectivity index (χ2n) is 9.57. The first-order valence-electron chi connectivity index (χ1n) is 12.3. The summed E-state index contributed by atoms with van der Waals surface area (Å²) in [5, 5.41) is 9.90. The van der Waals surface area contributed by atoms with Crippen LogP contribution in [0.1, 0.15) is 41.0 Å². The summed E-state index contributed by atoms with van der Waals surface area (Å²) in [6.07, 6.45) is 3.34. The quantitative estimate of drug-likeness (QED) is 0.239. The molecule has 0 fully saturated rings. The fourth-order valence-corrected chi connectivity index (χ4v) is 6.99. The molecule has 1 N–H and O–H groups in total. The number of fused-ring (bicyclic) bond motifs is 1. The summed E-state index contributed by atoms with van der Waals surface area (Å²) < 4.78 is 34.6. The van der Waals surface area contributed by atoms with Gasteiger partial charge in [-0.15, -0.1) is 11.8 Å². The summed E-state index contributed by atoms with van der Waals surface area (Å²) in [7, 11) is -3.07. The summed E-state index contributed by atoms with van der Waals surface area (Å²) in [6, 6.07) is 9.76. The minimum Gasteiger partial charge on any atom is -0.490 e. The Bertz CT molecular complexity index is 1480. The number of carbonyl (C=O) groups is 1. The normalized spacial score (nSPS) is 14.7. The molecule has 4 rings (SSSR count). The number of ether oxygens (including phenoxy) is 2. The van der Waals surface area contributed by atoms with Crippen LogP contribution in [0.25, 0.3) is 11.1 Å². The molecule has 1 aliphatic rings. The van der Waals surface area contributed by atoms with Crippen LogP contribution in [0.15, 0.2) is 41.4 Å². The summed E-state index contributed by atoms with van der Waals surface area (Å²) in [4.78, 5) is 16.5. The molecule has 0 saturated heterocycles. The van der Waals surface area contributed by atoms with E-state index in [2.05, 4.69) is 4.98 Å². The summed E-state index contributed by atoms with van der Waals surface area (Å²) in [6.45, 7) is 4.28. The van der Waals surface area contributed by atoms with Gasteiger partial charge in [-0.3, -0.25) is 4.79 Å². The lowest BCUT2D eigenvalue weighted by Crippen LogP contribution is -2.09. The van der Waals surface area contributed by atoms with Crippen molar-refractivity contribution in [3.8, 4) is 22.8 Å². The molecule has 0 saturated carbocycles. The maximum Gasteiger partial charge on any atom is 0.303 e. The monoisotopic (exact) mass is 609 g/mol. The Hall–Kier alpha value is -2.46. The third kappa shape index (κ3) is 7.20. The zero-order valence-corrected chi connectivity index (χ0v) is 24.9. The van der Waals surface area contributed by atoms with Gasteiger partial charge >= 0.3 is 5.97 Å². The molecular weight excluding hydrogens is 581 g/mol. The Labute approximate surface area is 242 Å². The lowest BCUT2D eigenvalue weighted by atomic mass is 9.94. The summed E-state index contributed by atoms with van der Waals surface area (Å²) >= 11 is 15.0. The van der Waals surface area contributed by atoms with E-state index < -0.39 is 15.8 Å². The molecule has 1 unspecified atom stereocenters. The predicted molar refractivity (Wildman–Crippen MR) is 155 cm³/mol. The number of nitrogens with zero attached hydrogens (tertiary/aromatic N) is 1. The maximum atomic E-state index is 11.4. The largest absolute Gasteiger partial charge is 0.490 e. The first kappa shape index (κ1) is 29.5. The first-order valence-corrected chi connectivity index (χ1v) is 16.1. The van der Waals surface area contributed by atoms with Crippen LogP contribution in [0.2, 0.25) is 10.0 Å². The molecule has 0 aliphatic carbocycles. The number of aliphatic carboxylic acids is 1. The third-order valence-electron chi connectivity index (χ3n) is 6.49. The molecule has 1 aliphatic heterocycles. The molecule has 3 aromatic rings. The number of sulfone groups is 1. The van der Waals surface area contributed by atoms with Crippen LogP contribution >= 0.6 is 35.0 Å². The number of rotatable bonds is 11. The summed E-state index contributed by atoms with van der Waals surface area (Å²) in [5.74, 6) is 0.750. The van der Waals surface area contributed by atoms with E-state index >= 15 is 0 Å². The number of pyridine rings is 1. The van der Waals surface area contributed by atoms with E-state index in [0.717, 1.165) is 44.0 Å². The van der Waals surface area contributed by atoms with Gasteiger partial charge in [0, 0.05) is 35.1 Å².